The fraction of sp³-hybridized carbons (Fsp3) is 0.500. The molecule has 0 bridgehead atoms. The summed E-state index contributed by atoms with van der Waals surface area (Å²) in [6, 6.07) is 10.8. The number of benzene rings is 1. The first kappa shape index (κ1) is 21.5. The van der Waals surface area contributed by atoms with Gasteiger partial charge in [0.1, 0.15) is 11.5 Å². The summed E-state index contributed by atoms with van der Waals surface area (Å²) in [4.78, 5) is 8.25. The van der Waals surface area contributed by atoms with Crippen molar-refractivity contribution in [3.05, 3.63) is 46.2 Å². The molecular weight excluding hydrogens is 384 g/mol. The molecule has 7 heteroatoms. The minimum Gasteiger partial charge on any atom is -0.497 e. The lowest BCUT2D eigenvalue weighted by Gasteiger charge is -2.20. The maximum absolute atomic E-state index is 5.39. The summed E-state index contributed by atoms with van der Waals surface area (Å²) in [6.45, 7) is 6.04. The van der Waals surface area contributed by atoms with Crippen molar-refractivity contribution < 1.29 is 9.47 Å². The summed E-state index contributed by atoms with van der Waals surface area (Å²) in [7, 11) is 5.21. The van der Waals surface area contributed by atoms with Crippen molar-refractivity contribution in [3.8, 4) is 11.5 Å². The molecule has 1 saturated heterocycles. The third-order valence-corrected chi connectivity index (χ3v) is 6.36. The van der Waals surface area contributed by atoms with Crippen LogP contribution >= 0.6 is 11.3 Å². The van der Waals surface area contributed by atoms with Gasteiger partial charge in [0, 0.05) is 56.1 Å². The topological polar surface area (TPSA) is 58.1 Å². The zero-order chi connectivity index (χ0) is 20.6. The number of thiophene rings is 1. The second kappa shape index (κ2) is 10.5. The third kappa shape index (κ3) is 6.11. The first-order valence-corrected chi connectivity index (χ1v) is 10.9. The van der Waals surface area contributed by atoms with E-state index in [4.69, 9.17) is 9.47 Å². The van der Waals surface area contributed by atoms with Gasteiger partial charge in [-0.2, -0.15) is 0 Å². The van der Waals surface area contributed by atoms with Crippen LogP contribution in [0, 0.1) is 0 Å². The van der Waals surface area contributed by atoms with Crippen LogP contribution in [-0.4, -0.2) is 57.8 Å². The normalized spacial score (nSPS) is 18.5. The number of nitrogens with one attached hydrogen (secondary N) is 2. The van der Waals surface area contributed by atoms with Gasteiger partial charge in [-0.05, 0) is 35.6 Å². The Labute approximate surface area is 177 Å². The standard InChI is InChI=1S/C22H32N4O2S/c1-16(21-6-5-9-29-21)13-24-22(23-2)25-18-7-8-26(15-18)14-17-10-19(27-3)12-20(11-17)28-4/h5-6,9-12,16,18H,7-8,13-15H2,1-4H3,(H2,23,24,25). The summed E-state index contributed by atoms with van der Waals surface area (Å²) in [6.07, 6.45) is 1.10. The van der Waals surface area contributed by atoms with E-state index in [1.54, 1.807) is 25.6 Å². The monoisotopic (exact) mass is 416 g/mol. The maximum atomic E-state index is 5.39. The Morgan fingerprint density at radius 3 is 2.66 bits per heavy atom. The summed E-state index contributed by atoms with van der Waals surface area (Å²) in [5, 5.41) is 9.18. The van der Waals surface area contributed by atoms with E-state index in [0.29, 0.717) is 12.0 Å². The number of hydrogen-bond donors (Lipinski definition) is 2. The van der Waals surface area contributed by atoms with Crippen LogP contribution in [0.3, 0.4) is 0 Å². The highest BCUT2D eigenvalue weighted by Gasteiger charge is 2.23. The highest BCUT2D eigenvalue weighted by Crippen LogP contribution is 2.24. The van der Waals surface area contributed by atoms with E-state index < -0.39 is 0 Å². The minimum absolute atomic E-state index is 0.394. The zero-order valence-electron chi connectivity index (χ0n) is 17.8. The van der Waals surface area contributed by atoms with Crippen LogP contribution < -0.4 is 20.1 Å². The first-order chi connectivity index (χ1) is 14.1. The average molecular weight is 417 g/mol. The van der Waals surface area contributed by atoms with Crippen molar-refractivity contribution in [1.29, 1.82) is 0 Å². The second-order valence-corrected chi connectivity index (χ2v) is 8.43. The summed E-state index contributed by atoms with van der Waals surface area (Å²) in [5.74, 6) is 3.01. The third-order valence-electron chi connectivity index (χ3n) is 5.26. The van der Waals surface area contributed by atoms with Gasteiger partial charge >= 0.3 is 0 Å². The number of guanidine groups is 1. The number of nitrogens with zero attached hydrogens (tertiary/aromatic N) is 2. The molecule has 158 valence electrons. The molecule has 1 fully saturated rings. The molecule has 1 aliphatic heterocycles. The van der Waals surface area contributed by atoms with Crippen LogP contribution in [0.4, 0.5) is 0 Å². The van der Waals surface area contributed by atoms with Crippen molar-refractivity contribution in [1.82, 2.24) is 15.5 Å². The molecule has 0 aliphatic carbocycles. The maximum Gasteiger partial charge on any atom is 0.191 e. The van der Waals surface area contributed by atoms with Gasteiger partial charge < -0.3 is 20.1 Å². The lowest BCUT2D eigenvalue weighted by atomic mass is 10.1. The van der Waals surface area contributed by atoms with Crippen molar-refractivity contribution in [3.63, 3.8) is 0 Å². The smallest absolute Gasteiger partial charge is 0.191 e. The molecule has 29 heavy (non-hydrogen) atoms. The summed E-state index contributed by atoms with van der Waals surface area (Å²) in [5.41, 5.74) is 1.20. The largest absolute Gasteiger partial charge is 0.497 e. The van der Waals surface area contributed by atoms with Gasteiger partial charge in [-0.1, -0.05) is 13.0 Å². The number of methoxy groups -OCH3 is 2. The Balaban J connectivity index is 1.48. The molecule has 3 rings (SSSR count). The van der Waals surface area contributed by atoms with Gasteiger partial charge in [-0.3, -0.25) is 9.89 Å². The van der Waals surface area contributed by atoms with Gasteiger partial charge in [-0.15, -0.1) is 11.3 Å². The molecule has 2 unspecified atom stereocenters. The van der Waals surface area contributed by atoms with Crippen LogP contribution in [0.15, 0.2) is 40.7 Å². The molecule has 2 atom stereocenters. The van der Waals surface area contributed by atoms with E-state index in [-0.39, 0.29) is 0 Å². The fourth-order valence-electron chi connectivity index (χ4n) is 3.62. The number of aliphatic imine (C=N–C) groups is 1. The van der Waals surface area contributed by atoms with Crippen LogP contribution in [-0.2, 0) is 6.54 Å². The summed E-state index contributed by atoms with van der Waals surface area (Å²) >= 11 is 1.80. The number of ether oxygens (including phenoxy) is 2. The molecule has 0 spiro atoms. The zero-order valence-corrected chi connectivity index (χ0v) is 18.6. The number of rotatable bonds is 8. The van der Waals surface area contributed by atoms with E-state index >= 15 is 0 Å². The van der Waals surface area contributed by atoms with E-state index in [9.17, 15) is 0 Å². The van der Waals surface area contributed by atoms with Crippen LogP contribution in [0.2, 0.25) is 0 Å². The molecular formula is C22H32N4O2S. The predicted molar refractivity (Wildman–Crippen MR) is 120 cm³/mol. The van der Waals surface area contributed by atoms with Crippen molar-refractivity contribution in [2.45, 2.75) is 31.8 Å². The quantitative estimate of drug-likeness (QED) is 0.511. The van der Waals surface area contributed by atoms with Gasteiger partial charge in [0.25, 0.3) is 0 Å². The highest BCUT2D eigenvalue weighted by molar-refractivity contribution is 7.10. The predicted octanol–water partition coefficient (Wildman–Crippen LogP) is 3.31. The fourth-order valence-corrected chi connectivity index (χ4v) is 4.41. The van der Waals surface area contributed by atoms with Gasteiger partial charge in [0.15, 0.2) is 5.96 Å². The molecule has 0 amide bonds. The molecule has 6 nitrogen and oxygen atoms in total. The lowest BCUT2D eigenvalue weighted by molar-refractivity contribution is 0.321. The number of likely N-dealkylation sites (tertiary alicyclic amines) is 1. The Bertz CT molecular complexity index is 772. The van der Waals surface area contributed by atoms with Crippen LogP contribution in [0.1, 0.15) is 29.7 Å². The lowest BCUT2D eigenvalue weighted by Crippen LogP contribution is -2.45. The van der Waals surface area contributed by atoms with E-state index in [0.717, 1.165) is 50.1 Å². The Morgan fingerprint density at radius 2 is 2.03 bits per heavy atom. The molecule has 1 aliphatic rings. The Hall–Kier alpha value is -2.25. The van der Waals surface area contributed by atoms with E-state index in [1.165, 1.54) is 10.4 Å². The molecule has 1 aromatic heterocycles. The number of hydrogen-bond acceptors (Lipinski definition) is 5. The van der Waals surface area contributed by atoms with Gasteiger partial charge in [0.05, 0.1) is 14.2 Å². The Morgan fingerprint density at radius 1 is 1.28 bits per heavy atom. The first-order valence-electron chi connectivity index (χ1n) is 10.1. The van der Waals surface area contributed by atoms with Crippen molar-refractivity contribution in [2.75, 3.05) is 40.9 Å². The molecule has 2 aromatic rings. The summed E-state index contributed by atoms with van der Waals surface area (Å²) < 4.78 is 10.8. The van der Waals surface area contributed by atoms with E-state index in [2.05, 4.69) is 57.1 Å². The van der Waals surface area contributed by atoms with Crippen LogP contribution in [0.5, 0.6) is 11.5 Å². The molecule has 1 aromatic carbocycles. The molecule has 2 N–H and O–H groups in total. The minimum atomic E-state index is 0.394. The SMILES string of the molecule is CN=C(NCC(C)c1cccs1)NC1CCN(Cc2cc(OC)cc(OC)c2)C1. The van der Waals surface area contributed by atoms with E-state index in [1.807, 2.05) is 13.1 Å². The average Bonchev–Trinajstić information content (AvgIpc) is 3.42. The molecule has 0 radical (unpaired) electrons. The van der Waals surface area contributed by atoms with Crippen molar-refractivity contribution in [2.24, 2.45) is 4.99 Å². The van der Waals surface area contributed by atoms with Gasteiger partial charge in [0.2, 0.25) is 0 Å². The van der Waals surface area contributed by atoms with Crippen LogP contribution in [0.25, 0.3) is 0 Å². The molecule has 2 heterocycles. The van der Waals surface area contributed by atoms with Gasteiger partial charge in [-0.25, -0.2) is 0 Å². The second-order valence-electron chi connectivity index (χ2n) is 7.46. The van der Waals surface area contributed by atoms with Crippen molar-refractivity contribution >= 4 is 17.3 Å². The molecule has 0 saturated carbocycles. The highest BCUT2D eigenvalue weighted by atomic mass is 32.1. The Kier molecular flexibility index (Phi) is 7.77.